The fraction of sp³-hybridized carbons (Fsp3) is 0.750. The average molecular weight is 555 g/mol. The molecular weight excluding hydrogens is 519 g/mol. The van der Waals surface area contributed by atoms with Crippen molar-refractivity contribution in [1.29, 1.82) is 0 Å². The second-order valence-electron chi connectivity index (χ2n) is 8.49. The summed E-state index contributed by atoms with van der Waals surface area (Å²) in [6.07, 6.45) is 5.66. The van der Waals surface area contributed by atoms with Gasteiger partial charge in [0.1, 0.15) is 9.84 Å². The molecule has 1 saturated carbocycles. The maximum atomic E-state index is 11.7. The molecule has 2 N–H and O–H groups in total. The van der Waals surface area contributed by atoms with Crippen LogP contribution in [0.4, 0.5) is 0 Å². The molecule has 3 rings (SSSR count). The summed E-state index contributed by atoms with van der Waals surface area (Å²) in [7, 11) is -0.742. The Hall–Kier alpha value is -0.390. The molecule has 1 saturated heterocycles. The number of sulfone groups is 1. The van der Waals surface area contributed by atoms with Gasteiger partial charge in [-0.3, -0.25) is 9.89 Å². The molecule has 2 aliphatic rings. The van der Waals surface area contributed by atoms with E-state index in [1.165, 1.54) is 24.0 Å². The highest BCUT2D eigenvalue weighted by atomic mass is 127. The van der Waals surface area contributed by atoms with E-state index in [1.54, 1.807) is 0 Å². The van der Waals surface area contributed by atoms with Crippen LogP contribution in [0.2, 0.25) is 0 Å². The minimum Gasteiger partial charge on any atom is -0.357 e. The first-order valence-corrected chi connectivity index (χ1v) is 13.2. The van der Waals surface area contributed by atoms with Gasteiger partial charge in [0.15, 0.2) is 5.96 Å². The van der Waals surface area contributed by atoms with Crippen molar-refractivity contribution in [2.45, 2.75) is 38.6 Å². The van der Waals surface area contributed by atoms with Crippen LogP contribution in [0.5, 0.6) is 0 Å². The molecule has 6 nitrogen and oxygen atoms in total. The zero-order valence-corrected chi connectivity index (χ0v) is 21.6. The van der Waals surface area contributed by atoms with Crippen molar-refractivity contribution in [2.75, 3.05) is 45.2 Å². The van der Waals surface area contributed by atoms with Gasteiger partial charge in [0.25, 0.3) is 0 Å². The fourth-order valence-electron chi connectivity index (χ4n) is 4.28. The maximum Gasteiger partial charge on any atom is 0.191 e. The molecule has 2 fully saturated rings. The number of thiophene rings is 1. The third kappa shape index (κ3) is 7.36. The summed E-state index contributed by atoms with van der Waals surface area (Å²) in [5.41, 5.74) is -0.138. The summed E-state index contributed by atoms with van der Waals surface area (Å²) in [6, 6.07) is 4.82. The Bertz CT molecular complexity index is 763. The highest BCUT2D eigenvalue weighted by Gasteiger charge is 2.45. The molecule has 1 aliphatic heterocycles. The molecule has 2 atom stereocenters. The zero-order valence-electron chi connectivity index (χ0n) is 17.7. The number of guanidine groups is 1. The molecule has 0 aromatic carbocycles. The topological polar surface area (TPSA) is 73.8 Å². The van der Waals surface area contributed by atoms with Crippen LogP contribution in [0.1, 0.15) is 43.5 Å². The highest BCUT2D eigenvalue weighted by Crippen LogP contribution is 2.46. The Morgan fingerprint density at radius 3 is 2.72 bits per heavy atom. The van der Waals surface area contributed by atoms with Crippen LogP contribution in [0, 0.1) is 11.3 Å². The molecule has 2 unspecified atom stereocenters. The molecule has 9 heteroatoms. The summed E-state index contributed by atoms with van der Waals surface area (Å²) in [5.74, 6) is 1.59. The number of nitrogens with one attached hydrogen (secondary N) is 2. The maximum absolute atomic E-state index is 11.7. The summed E-state index contributed by atoms with van der Waals surface area (Å²) < 4.78 is 23.4. The Balaban J connectivity index is 0.00000300. The molecule has 0 amide bonds. The van der Waals surface area contributed by atoms with Crippen LogP contribution in [-0.2, 0) is 9.84 Å². The molecule has 1 aliphatic carbocycles. The molecule has 0 spiro atoms. The van der Waals surface area contributed by atoms with Gasteiger partial charge in [0, 0.05) is 42.2 Å². The van der Waals surface area contributed by atoms with Crippen LogP contribution in [-0.4, -0.2) is 64.5 Å². The molecule has 2 heterocycles. The van der Waals surface area contributed by atoms with E-state index >= 15 is 0 Å². The van der Waals surface area contributed by atoms with Gasteiger partial charge in [0.2, 0.25) is 0 Å². The van der Waals surface area contributed by atoms with Gasteiger partial charge in [-0.2, -0.15) is 0 Å². The Labute approximate surface area is 196 Å². The first-order valence-electron chi connectivity index (χ1n) is 10.3. The smallest absolute Gasteiger partial charge is 0.191 e. The molecule has 1 aromatic heterocycles. The van der Waals surface area contributed by atoms with Crippen molar-refractivity contribution in [1.82, 2.24) is 15.5 Å². The van der Waals surface area contributed by atoms with Crippen molar-refractivity contribution in [2.24, 2.45) is 16.3 Å². The summed E-state index contributed by atoms with van der Waals surface area (Å²) in [6.45, 7) is 5.45. The fourth-order valence-corrected chi connectivity index (χ4v) is 6.76. The lowest BCUT2D eigenvalue weighted by molar-refractivity contribution is 0.125. The van der Waals surface area contributed by atoms with E-state index in [1.807, 2.05) is 11.3 Å². The van der Waals surface area contributed by atoms with E-state index in [0.717, 1.165) is 38.4 Å². The Kier molecular flexibility index (Phi) is 9.24. The largest absolute Gasteiger partial charge is 0.357 e. The van der Waals surface area contributed by atoms with Crippen LogP contribution in [0.3, 0.4) is 0 Å². The minimum absolute atomic E-state index is 0. The third-order valence-corrected chi connectivity index (χ3v) is 7.90. The van der Waals surface area contributed by atoms with Gasteiger partial charge < -0.3 is 10.6 Å². The van der Waals surface area contributed by atoms with Crippen LogP contribution in [0.15, 0.2) is 22.5 Å². The number of halogens is 1. The first-order chi connectivity index (χ1) is 13.3. The number of hydrogen-bond donors (Lipinski definition) is 2. The standard InChI is InChI=1S/C20H34N4O2S2.HI/c1-4-21-19(23-14-20(9-10-20)15-28(3,25)26)22-13-16-7-5-11-24(2)18(16)17-8-6-12-27-17;/h6,8,12,16,18H,4-5,7,9-11,13-15H2,1-3H3,(H2,21,22,23);1H. The van der Waals surface area contributed by atoms with Gasteiger partial charge in [-0.1, -0.05) is 6.07 Å². The predicted octanol–water partition coefficient (Wildman–Crippen LogP) is 3.13. The lowest BCUT2D eigenvalue weighted by Gasteiger charge is -2.39. The molecule has 1 aromatic rings. The van der Waals surface area contributed by atoms with E-state index in [9.17, 15) is 8.42 Å². The summed E-state index contributed by atoms with van der Waals surface area (Å²) in [4.78, 5) is 8.64. The van der Waals surface area contributed by atoms with Gasteiger partial charge in [0.05, 0.1) is 5.75 Å². The first kappa shape index (κ1) is 24.9. The number of hydrogen-bond acceptors (Lipinski definition) is 5. The number of likely N-dealkylation sites (tertiary alicyclic amines) is 1. The van der Waals surface area contributed by atoms with Gasteiger partial charge in [-0.25, -0.2) is 8.42 Å². The van der Waals surface area contributed by atoms with Crippen LogP contribution < -0.4 is 10.6 Å². The minimum atomic E-state index is -2.96. The van der Waals surface area contributed by atoms with Crippen LogP contribution >= 0.6 is 35.3 Å². The summed E-state index contributed by atoms with van der Waals surface area (Å²) >= 11 is 1.84. The Morgan fingerprint density at radius 2 is 2.14 bits per heavy atom. The van der Waals surface area contributed by atoms with Crippen molar-refractivity contribution in [3.63, 3.8) is 0 Å². The Morgan fingerprint density at radius 1 is 1.38 bits per heavy atom. The number of nitrogens with zero attached hydrogens (tertiary/aromatic N) is 2. The van der Waals surface area contributed by atoms with Crippen molar-refractivity contribution in [3.05, 3.63) is 22.4 Å². The number of aliphatic imine (C=N–C) groups is 1. The summed E-state index contributed by atoms with van der Waals surface area (Å²) in [5, 5.41) is 9.02. The zero-order chi connectivity index (χ0) is 20.2. The number of rotatable bonds is 8. The lowest BCUT2D eigenvalue weighted by Crippen LogP contribution is -2.45. The molecular formula is C20H35IN4O2S2. The van der Waals surface area contributed by atoms with E-state index in [2.05, 4.69) is 47.0 Å². The van der Waals surface area contributed by atoms with E-state index < -0.39 is 9.84 Å². The van der Waals surface area contributed by atoms with Crippen molar-refractivity contribution in [3.8, 4) is 0 Å². The second-order valence-corrected chi connectivity index (χ2v) is 11.6. The normalized spacial score (nSPS) is 24.6. The second kappa shape index (κ2) is 10.8. The molecule has 29 heavy (non-hydrogen) atoms. The van der Waals surface area contributed by atoms with E-state index in [4.69, 9.17) is 4.99 Å². The van der Waals surface area contributed by atoms with Crippen molar-refractivity contribution < 1.29 is 8.42 Å². The average Bonchev–Trinajstić information content (AvgIpc) is 3.15. The van der Waals surface area contributed by atoms with Gasteiger partial charge >= 0.3 is 0 Å². The van der Waals surface area contributed by atoms with Gasteiger partial charge in [-0.15, -0.1) is 35.3 Å². The van der Waals surface area contributed by atoms with E-state index in [-0.39, 0.29) is 35.1 Å². The quantitative estimate of drug-likeness (QED) is 0.294. The lowest BCUT2D eigenvalue weighted by atomic mass is 9.88. The van der Waals surface area contributed by atoms with Crippen LogP contribution in [0.25, 0.3) is 0 Å². The predicted molar refractivity (Wildman–Crippen MR) is 133 cm³/mol. The molecule has 0 radical (unpaired) electrons. The molecule has 0 bridgehead atoms. The highest BCUT2D eigenvalue weighted by molar-refractivity contribution is 14.0. The third-order valence-electron chi connectivity index (χ3n) is 5.82. The SMILES string of the molecule is CCNC(=NCC1(CS(C)(=O)=O)CC1)NCC1CCCN(C)C1c1cccs1.I. The number of piperidine rings is 1. The van der Waals surface area contributed by atoms with Crippen molar-refractivity contribution >= 4 is 51.1 Å². The van der Waals surface area contributed by atoms with Gasteiger partial charge in [-0.05, 0) is 63.6 Å². The monoisotopic (exact) mass is 554 g/mol. The van der Waals surface area contributed by atoms with E-state index in [0.29, 0.717) is 18.5 Å². The molecule has 166 valence electrons.